The predicted molar refractivity (Wildman–Crippen MR) is 104 cm³/mol. The number of ether oxygens (including phenoxy) is 2. The molecule has 6 nitrogen and oxygen atoms in total. The van der Waals surface area contributed by atoms with Gasteiger partial charge in [0.25, 0.3) is 5.91 Å². The van der Waals surface area contributed by atoms with Gasteiger partial charge in [0.2, 0.25) is 5.91 Å². The van der Waals surface area contributed by atoms with Crippen molar-refractivity contribution in [2.75, 3.05) is 20.8 Å². The summed E-state index contributed by atoms with van der Waals surface area (Å²) in [6, 6.07) is 14.3. The van der Waals surface area contributed by atoms with E-state index in [9.17, 15) is 9.59 Å². The summed E-state index contributed by atoms with van der Waals surface area (Å²) in [5.41, 5.74) is 1.85. The summed E-state index contributed by atoms with van der Waals surface area (Å²) in [4.78, 5) is 26.4. The highest BCUT2D eigenvalue weighted by Crippen LogP contribution is 2.18. The molecule has 2 amide bonds. The van der Waals surface area contributed by atoms with Gasteiger partial charge in [-0.25, -0.2) is 0 Å². The van der Waals surface area contributed by atoms with E-state index in [0.717, 1.165) is 16.9 Å². The number of aryl methyl sites for hydroxylation is 1. The Morgan fingerprint density at radius 1 is 1.11 bits per heavy atom. The maximum atomic E-state index is 12.8. The van der Waals surface area contributed by atoms with Crippen LogP contribution in [0.1, 0.15) is 18.1 Å². The van der Waals surface area contributed by atoms with Crippen LogP contribution in [0.25, 0.3) is 0 Å². The van der Waals surface area contributed by atoms with Crippen molar-refractivity contribution in [3.05, 3.63) is 59.7 Å². The topological polar surface area (TPSA) is 67.9 Å². The fraction of sp³-hybridized carbons (Fsp3) is 0.333. The average Bonchev–Trinajstić information content (AvgIpc) is 2.70. The van der Waals surface area contributed by atoms with Gasteiger partial charge in [-0.3, -0.25) is 9.59 Å². The van der Waals surface area contributed by atoms with E-state index in [1.165, 1.54) is 4.90 Å². The summed E-state index contributed by atoms with van der Waals surface area (Å²) >= 11 is 0. The number of nitrogens with zero attached hydrogens (tertiary/aromatic N) is 1. The molecule has 0 aliphatic heterocycles. The second kappa shape index (κ2) is 9.62. The molecule has 0 heterocycles. The summed E-state index contributed by atoms with van der Waals surface area (Å²) in [6.07, 6.45) is 0. The van der Waals surface area contributed by atoms with Crippen molar-refractivity contribution in [1.29, 1.82) is 0 Å². The molecular weight excluding hydrogens is 344 g/mol. The Labute approximate surface area is 160 Å². The Morgan fingerprint density at radius 3 is 2.37 bits per heavy atom. The first kappa shape index (κ1) is 20.3. The molecule has 1 N–H and O–H groups in total. The molecule has 0 aliphatic carbocycles. The number of para-hydroxylation sites is 1. The molecule has 0 spiro atoms. The lowest BCUT2D eigenvalue weighted by Gasteiger charge is -2.28. The number of likely N-dealkylation sites (N-methyl/N-ethyl adjacent to an activating group) is 1. The first-order valence-corrected chi connectivity index (χ1v) is 8.78. The van der Waals surface area contributed by atoms with Crippen molar-refractivity contribution < 1.29 is 19.1 Å². The maximum absolute atomic E-state index is 12.8. The van der Waals surface area contributed by atoms with E-state index < -0.39 is 6.04 Å². The molecule has 2 rings (SSSR count). The number of rotatable bonds is 8. The van der Waals surface area contributed by atoms with E-state index in [1.54, 1.807) is 21.1 Å². The Hall–Kier alpha value is -3.02. The lowest BCUT2D eigenvalue weighted by Crippen LogP contribution is -2.48. The zero-order valence-electron chi connectivity index (χ0n) is 16.2. The van der Waals surface area contributed by atoms with Crippen molar-refractivity contribution >= 4 is 11.8 Å². The molecule has 0 saturated heterocycles. The molecule has 1 atom stereocenters. The number of amides is 2. The minimum atomic E-state index is -0.620. The predicted octanol–water partition coefficient (Wildman–Crippen LogP) is 2.55. The smallest absolute Gasteiger partial charge is 0.261 e. The molecule has 6 heteroatoms. The molecule has 0 radical (unpaired) electrons. The van der Waals surface area contributed by atoms with Gasteiger partial charge in [-0.15, -0.1) is 0 Å². The number of carbonyl (C=O) groups is 2. The number of hydrogen-bond acceptors (Lipinski definition) is 4. The van der Waals surface area contributed by atoms with Crippen LogP contribution in [0.15, 0.2) is 48.5 Å². The van der Waals surface area contributed by atoms with Crippen LogP contribution in [0, 0.1) is 6.92 Å². The molecule has 0 fully saturated rings. The molecule has 2 aromatic rings. The number of carbonyl (C=O) groups excluding carboxylic acids is 2. The van der Waals surface area contributed by atoms with Gasteiger partial charge in [0.1, 0.15) is 17.5 Å². The highest BCUT2D eigenvalue weighted by Gasteiger charge is 2.26. The zero-order chi connectivity index (χ0) is 19.8. The summed E-state index contributed by atoms with van der Waals surface area (Å²) in [5.74, 6) is 0.902. The van der Waals surface area contributed by atoms with E-state index in [4.69, 9.17) is 9.47 Å². The normalized spacial score (nSPS) is 11.4. The summed E-state index contributed by atoms with van der Waals surface area (Å²) in [7, 11) is 3.15. The van der Waals surface area contributed by atoms with Crippen LogP contribution in [0.4, 0.5) is 0 Å². The van der Waals surface area contributed by atoms with Gasteiger partial charge >= 0.3 is 0 Å². The van der Waals surface area contributed by atoms with E-state index in [0.29, 0.717) is 12.3 Å². The van der Waals surface area contributed by atoms with E-state index in [1.807, 2.05) is 55.5 Å². The maximum Gasteiger partial charge on any atom is 0.261 e. The molecule has 27 heavy (non-hydrogen) atoms. The third-order valence-electron chi connectivity index (χ3n) is 4.37. The molecular formula is C21H26N2O4. The SMILES string of the molecule is CNC(=O)[C@@H](C)N(Cc1ccc(OC)cc1)C(=O)COc1ccccc1C. The molecule has 0 unspecified atom stereocenters. The summed E-state index contributed by atoms with van der Waals surface area (Å²) in [6.45, 7) is 3.78. The fourth-order valence-corrected chi connectivity index (χ4v) is 2.66. The second-order valence-corrected chi connectivity index (χ2v) is 6.21. The number of hydrogen-bond donors (Lipinski definition) is 1. The van der Waals surface area contributed by atoms with Crippen molar-refractivity contribution in [2.24, 2.45) is 0 Å². The van der Waals surface area contributed by atoms with E-state index in [-0.39, 0.29) is 18.4 Å². The highest BCUT2D eigenvalue weighted by molar-refractivity contribution is 5.87. The van der Waals surface area contributed by atoms with Gasteiger partial charge in [0.05, 0.1) is 7.11 Å². The Balaban J connectivity index is 2.13. The van der Waals surface area contributed by atoms with Crippen LogP contribution >= 0.6 is 0 Å². The molecule has 0 bridgehead atoms. The fourth-order valence-electron chi connectivity index (χ4n) is 2.66. The average molecular weight is 370 g/mol. The van der Waals surface area contributed by atoms with Crippen molar-refractivity contribution in [3.63, 3.8) is 0 Å². The van der Waals surface area contributed by atoms with Crippen LogP contribution in [-0.4, -0.2) is 43.5 Å². The first-order chi connectivity index (χ1) is 13.0. The lowest BCUT2D eigenvalue weighted by atomic mass is 10.1. The Bertz CT molecular complexity index is 774. The van der Waals surface area contributed by atoms with Gasteiger partial charge in [0, 0.05) is 13.6 Å². The third-order valence-corrected chi connectivity index (χ3v) is 4.37. The largest absolute Gasteiger partial charge is 0.497 e. The molecule has 2 aromatic carbocycles. The second-order valence-electron chi connectivity index (χ2n) is 6.21. The monoisotopic (exact) mass is 370 g/mol. The van der Waals surface area contributed by atoms with Crippen LogP contribution in [0.5, 0.6) is 11.5 Å². The third kappa shape index (κ3) is 5.48. The van der Waals surface area contributed by atoms with Crippen LogP contribution in [-0.2, 0) is 16.1 Å². The van der Waals surface area contributed by atoms with Gasteiger partial charge in [-0.1, -0.05) is 30.3 Å². The molecule has 0 saturated carbocycles. The van der Waals surface area contributed by atoms with Gasteiger partial charge < -0.3 is 19.7 Å². The van der Waals surface area contributed by atoms with Gasteiger partial charge in [0.15, 0.2) is 6.61 Å². The van der Waals surface area contributed by atoms with Crippen LogP contribution < -0.4 is 14.8 Å². The molecule has 0 aliphatic rings. The zero-order valence-corrected chi connectivity index (χ0v) is 16.2. The first-order valence-electron chi connectivity index (χ1n) is 8.78. The van der Waals surface area contributed by atoms with Crippen molar-refractivity contribution in [3.8, 4) is 11.5 Å². The Kier molecular flexibility index (Phi) is 7.23. The quantitative estimate of drug-likeness (QED) is 0.775. The summed E-state index contributed by atoms with van der Waals surface area (Å²) in [5, 5.41) is 2.59. The van der Waals surface area contributed by atoms with E-state index >= 15 is 0 Å². The standard InChI is InChI=1S/C21H26N2O4/c1-15-7-5-6-8-19(15)27-14-20(24)23(16(2)21(25)22-3)13-17-9-11-18(26-4)12-10-17/h5-12,16H,13-14H2,1-4H3,(H,22,25)/t16-/m1/s1. The van der Waals surface area contributed by atoms with Gasteiger partial charge in [-0.2, -0.15) is 0 Å². The van der Waals surface area contributed by atoms with Crippen LogP contribution in [0.3, 0.4) is 0 Å². The number of benzene rings is 2. The molecule has 144 valence electrons. The summed E-state index contributed by atoms with van der Waals surface area (Å²) < 4.78 is 10.8. The van der Waals surface area contributed by atoms with E-state index in [2.05, 4.69) is 5.32 Å². The lowest BCUT2D eigenvalue weighted by molar-refractivity contribution is -0.142. The minimum Gasteiger partial charge on any atom is -0.497 e. The minimum absolute atomic E-state index is 0.137. The number of methoxy groups -OCH3 is 1. The highest BCUT2D eigenvalue weighted by atomic mass is 16.5. The van der Waals surface area contributed by atoms with Crippen LogP contribution in [0.2, 0.25) is 0 Å². The molecule has 0 aromatic heterocycles. The number of nitrogens with one attached hydrogen (secondary N) is 1. The van der Waals surface area contributed by atoms with Gasteiger partial charge in [-0.05, 0) is 43.2 Å². The Morgan fingerprint density at radius 2 is 1.78 bits per heavy atom. The van der Waals surface area contributed by atoms with Crippen molar-refractivity contribution in [2.45, 2.75) is 26.4 Å². The van der Waals surface area contributed by atoms with Crippen molar-refractivity contribution in [1.82, 2.24) is 10.2 Å².